The largest absolute Gasteiger partial charge is 0.366 e. The third kappa shape index (κ3) is 1.89. The number of rotatable bonds is 3. The van der Waals surface area contributed by atoms with Gasteiger partial charge in [0.2, 0.25) is 11.1 Å². The van der Waals surface area contributed by atoms with Crippen LogP contribution in [0.3, 0.4) is 0 Å². The molecule has 7 heteroatoms. The summed E-state index contributed by atoms with van der Waals surface area (Å²) in [6, 6.07) is 6.78. The van der Waals surface area contributed by atoms with Gasteiger partial charge in [0, 0.05) is 5.56 Å². The first-order chi connectivity index (χ1) is 7.72. The van der Waals surface area contributed by atoms with Crippen molar-refractivity contribution in [2.45, 2.75) is 5.16 Å². The number of benzene rings is 1. The molecular formula is C9H9N5OS. The Hall–Kier alpha value is -1.89. The van der Waals surface area contributed by atoms with Gasteiger partial charge in [-0.1, -0.05) is 11.8 Å². The van der Waals surface area contributed by atoms with Crippen LogP contribution in [0.15, 0.2) is 29.4 Å². The molecule has 0 spiro atoms. The van der Waals surface area contributed by atoms with E-state index in [9.17, 15) is 4.79 Å². The lowest BCUT2D eigenvalue weighted by Gasteiger charge is -2.02. The van der Waals surface area contributed by atoms with Gasteiger partial charge in [0.1, 0.15) is 0 Å². The van der Waals surface area contributed by atoms with Crippen molar-refractivity contribution in [2.75, 3.05) is 6.26 Å². The molecule has 0 unspecified atom stereocenters. The fraction of sp³-hybridized carbons (Fsp3) is 0.111. The number of nitrogens with two attached hydrogens (primary N) is 1. The molecule has 1 amide bonds. The Bertz CT molecular complexity index is 507. The molecule has 1 aromatic heterocycles. The number of amides is 1. The average molecular weight is 235 g/mol. The highest BCUT2D eigenvalue weighted by Crippen LogP contribution is 2.15. The van der Waals surface area contributed by atoms with Gasteiger partial charge in [-0.05, 0) is 40.9 Å². The zero-order valence-corrected chi connectivity index (χ0v) is 9.31. The van der Waals surface area contributed by atoms with E-state index in [-0.39, 0.29) is 0 Å². The van der Waals surface area contributed by atoms with Crippen molar-refractivity contribution in [1.82, 2.24) is 20.2 Å². The van der Waals surface area contributed by atoms with Crippen molar-refractivity contribution in [3.63, 3.8) is 0 Å². The van der Waals surface area contributed by atoms with Gasteiger partial charge in [0.25, 0.3) is 0 Å². The predicted octanol–water partition coefficient (Wildman–Crippen LogP) is 0.483. The second-order valence-electron chi connectivity index (χ2n) is 2.99. The maximum atomic E-state index is 10.9. The van der Waals surface area contributed by atoms with Crippen LogP contribution < -0.4 is 5.73 Å². The van der Waals surface area contributed by atoms with Crippen molar-refractivity contribution < 1.29 is 4.79 Å². The van der Waals surface area contributed by atoms with Crippen LogP contribution >= 0.6 is 11.8 Å². The molecule has 0 radical (unpaired) electrons. The molecule has 0 saturated heterocycles. The summed E-state index contributed by atoms with van der Waals surface area (Å²) in [6.45, 7) is 0. The van der Waals surface area contributed by atoms with Crippen LogP contribution in [0.25, 0.3) is 5.69 Å². The van der Waals surface area contributed by atoms with Crippen LogP contribution in [0.1, 0.15) is 10.4 Å². The highest BCUT2D eigenvalue weighted by Gasteiger charge is 2.07. The SMILES string of the molecule is CSc1nnnn1-c1ccc(C(N)=O)cc1. The van der Waals surface area contributed by atoms with Gasteiger partial charge in [0.15, 0.2) is 0 Å². The molecule has 1 aromatic carbocycles. The van der Waals surface area contributed by atoms with Crippen molar-refractivity contribution >= 4 is 17.7 Å². The van der Waals surface area contributed by atoms with E-state index in [4.69, 9.17) is 5.73 Å². The molecule has 0 saturated carbocycles. The van der Waals surface area contributed by atoms with Crippen LogP contribution in [0.2, 0.25) is 0 Å². The Kier molecular flexibility index (Phi) is 2.86. The van der Waals surface area contributed by atoms with E-state index in [0.29, 0.717) is 10.7 Å². The minimum Gasteiger partial charge on any atom is -0.366 e. The van der Waals surface area contributed by atoms with Crippen molar-refractivity contribution in [2.24, 2.45) is 5.73 Å². The number of carbonyl (C=O) groups is 1. The second-order valence-corrected chi connectivity index (χ2v) is 3.76. The third-order valence-electron chi connectivity index (χ3n) is 2.02. The Morgan fingerprint density at radius 3 is 2.62 bits per heavy atom. The van der Waals surface area contributed by atoms with Crippen molar-refractivity contribution in [3.8, 4) is 5.69 Å². The fourth-order valence-corrected chi connectivity index (χ4v) is 1.67. The molecule has 0 aliphatic rings. The lowest BCUT2D eigenvalue weighted by atomic mass is 10.2. The van der Waals surface area contributed by atoms with Crippen LogP contribution in [0.4, 0.5) is 0 Å². The maximum Gasteiger partial charge on any atom is 0.248 e. The van der Waals surface area contributed by atoms with Crippen LogP contribution in [-0.2, 0) is 0 Å². The topological polar surface area (TPSA) is 86.7 Å². The number of hydrogen-bond donors (Lipinski definition) is 1. The lowest BCUT2D eigenvalue weighted by Crippen LogP contribution is -2.10. The van der Waals surface area contributed by atoms with E-state index in [1.807, 2.05) is 6.26 Å². The Morgan fingerprint density at radius 2 is 2.06 bits per heavy atom. The summed E-state index contributed by atoms with van der Waals surface area (Å²) in [6.07, 6.45) is 1.89. The van der Waals surface area contributed by atoms with Gasteiger partial charge in [-0.25, -0.2) is 0 Å². The minimum atomic E-state index is -0.451. The monoisotopic (exact) mass is 235 g/mol. The summed E-state index contributed by atoms with van der Waals surface area (Å²) in [5.74, 6) is -0.451. The molecule has 16 heavy (non-hydrogen) atoms. The molecule has 0 aliphatic carbocycles. The van der Waals surface area contributed by atoms with Gasteiger partial charge >= 0.3 is 0 Å². The molecule has 2 aromatic rings. The van der Waals surface area contributed by atoms with Gasteiger partial charge < -0.3 is 5.73 Å². The predicted molar refractivity (Wildman–Crippen MR) is 59.5 cm³/mol. The number of nitrogens with zero attached hydrogens (tertiary/aromatic N) is 4. The summed E-state index contributed by atoms with van der Waals surface area (Å²) in [4.78, 5) is 10.9. The molecule has 2 N–H and O–H groups in total. The fourth-order valence-electron chi connectivity index (χ4n) is 1.24. The van der Waals surface area contributed by atoms with Gasteiger partial charge in [-0.3, -0.25) is 4.79 Å². The average Bonchev–Trinajstić information content (AvgIpc) is 2.77. The summed E-state index contributed by atoms with van der Waals surface area (Å²) in [5, 5.41) is 12.0. The standard InChI is InChI=1S/C9H9N5OS/c1-16-9-11-12-13-14(9)7-4-2-6(3-5-7)8(10)15/h2-5H,1H3,(H2,10,15). The van der Waals surface area contributed by atoms with Crippen LogP contribution in [0, 0.1) is 0 Å². The van der Waals surface area contributed by atoms with Crippen LogP contribution in [0.5, 0.6) is 0 Å². The highest BCUT2D eigenvalue weighted by atomic mass is 32.2. The maximum absolute atomic E-state index is 10.9. The number of tetrazole rings is 1. The van der Waals surface area contributed by atoms with E-state index in [0.717, 1.165) is 5.69 Å². The van der Waals surface area contributed by atoms with E-state index in [1.54, 1.807) is 28.9 Å². The first-order valence-electron chi connectivity index (χ1n) is 4.45. The van der Waals surface area contributed by atoms with Gasteiger partial charge in [-0.15, -0.1) is 5.10 Å². The zero-order chi connectivity index (χ0) is 11.5. The van der Waals surface area contributed by atoms with E-state index in [2.05, 4.69) is 15.5 Å². The number of primary amides is 1. The minimum absolute atomic E-state index is 0.451. The van der Waals surface area contributed by atoms with Crippen LogP contribution in [-0.4, -0.2) is 32.4 Å². The second kappa shape index (κ2) is 4.31. The molecule has 1 heterocycles. The summed E-state index contributed by atoms with van der Waals surface area (Å²) < 4.78 is 1.59. The van der Waals surface area contributed by atoms with Crippen molar-refractivity contribution in [3.05, 3.63) is 29.8 Å². The number of aromatic nitrogens is 4. The van der Waals surface area contributed by atoms with Gasteiger partial charge in [-0.2, -0.15) is 4.68 Å². The lowest BCUT2D eigenvalue weighted by molar-refractivity contribution is 0.100. The molecule has 0 fully saturated rings. The molecule has 0 aliphatic heterocycles. The summed E-state index contributed by atoms with van der Waals surface area (Å²) in [5.41, 5.74) is 6.40. The Labute approximate surface area is 95.8 Å². The number of carbonyl (C=O) groups excluding carboxylic acids is 1. The highest BCUT2D eigenvalue weighted by molar-refractivity contribution is 7.98. The van der Waals surface area contributed by atoms with E-state index >= 15 is 0 Å². The normalized spacial score (nSPS) is 10.3. The molecular weight excluding hydrogens is 226 g/mol. The number of thioether (sulfide) groups is 1. The molecule has 0 atom stereocenters. The van der Waals surface area contributed by atoms with Gasteiger partial charge in [0.05, 0.1) is 5.69 Å². The molecule has 0 bridgehead atoms. The van der Waals surface area contributed by atoms with E-state index < -0.39 is 5.91 Å². The molecule has 2 rings (SSSR count). The first kappa shape index (κ1) is 10.6. The summed E-state index contributed by atoms with van der Waals surface area (Å²) in [7, 11) is 0. The van der Waals surface area contributed by atoms with Crippen molar-refractivity contribution in [1.29, 1.82) is 0 Å². The third-order valence-corrected chi connectivity index (χ3v) is 2.64. The Morgan fingerprint density at radius 1 is 1.38 bits per heavy atom. The quantitative estimate of drug-likeness (QED) is 0.782. The summed E-state index contributed by atoms with van der Waals surface area (Å²) >= 11 is 1.44. The zero-order valence-electron chi connectivity index (χ0n) is 8.49. The first-order valence-corrected chi connectivity index (χ1v) is 5.67. The smallest absolute Gasteiger partial charge is 0.248 e. The van der Waals surface area contributed by atoms with E-state index in [1.165, 1.54) is 11.8 Å². The molecule has 6 nitrogen and oxygen atoms in total. The molecule has 82 valence electrons. The number of hydrogen-bond acceptors (Lipinski definition) is 5. The Balaban J connectivity index is 2.38.